The van der Waals surface area contributed by atoms with Gasteiger partial charge in [-0.05, 0) is 50.2 Å². The molecule has 0 saturated carbocycles. The summed E-state index contributed by atoms with van der Waals surface area (Å²) in [6, 6.07) is 1.62. The van der Waals surface area contributed by atoms with Crippen molar-refractivity contribution in [3.05, 3.63) is 33.2 Å². The fourth-order valence-electron chi connectivity index (χ4n) is 3.65. The zero-order valence-electron chi connectivity index (χ0n) is 14.3. The van der Waals surface area contributed by atoms with Crippen molar-refractivity contribution < 1.29 is 19.4 Å². The van der Waals surface area contributed by atoms with Gasteiger partial charge in [0.25, 0.3) is 11.5 Å². The molecule has 1 saturated heterocycles. The van der Waals surface area contributed by atoms with Gasteiger partial charge in [-0.1, -0.05) is 0 Å². The first kappa shape index (κ1) is 17.7. The summed E-state index contributed by atoms with van der Waals surface area (Å²) in [5.41, 5.74) is 1.70. The van der Waals surface area contributed by atoms with Crippen LogP contribution in [0, 0.1) is 0 Å². The number of H-pyrrole nitrogens is 1. The first-order chi connectivity index (χ1) is 12.1. The van der Waals surface area contributed by atoms with Crippen LogP contribution in [0.4, 0.5) is 0 Å². The van der Waals surface area contributed by atoms with Crippen LogP contribution in [0.1, 0.15) is 53.7 Å². The maximum atomic E-state index is 13.0. The Bertz CT molecular complexity index is 706. The highest BCUT2D eigenvalue weighted by atomic mass is 16.5. The van der Waals surface area contributed by atoms with E-state index in [-0.39, 0.29) is 36.0 Å². The SMILES string of the molecule is O=C(O)CCN(C(=O)c1cc2c([nH]c1=O)CCCC2)C1CCOCC1. The second-order valence-corrected chi connectivity index (χ2v) is 6.71. The molecule has 1 aliphatic carbocycles. The van der Waals surface area contributed by atoms with Gasteiger partial charge in [0, 0.05) is 31.5 Å². The molecule has 2 aliphatic rings. The number of carbonyl (C=O) groups excluding carboxylic acids is 1. The molecule has 1 aliphatic heterocycles. The van der Waals surface area contributed by atoms with Crippen molar-refractivity contribution in [2.24, 2.45) is 0 Å². The maximum Gasteiger partial charge on any atom is 0.305 e. The predicted molar refractivity (Wildman–Crippen MR) is 90.8 cm³/mol. The van der Waals surface area contributed by atoms with Crippen LogP contribution < -0.4 is 5.56 Å². The number of aryl methyl sites for hydroxylation is 2. The highest BCUT2D eigenvalue weighted by molar-refractivity contribution is 5.94. The summed E-state index contributed by atoms with van der Waals surface area (Å²) in [7, 11) is 0. The molecule has 0 bridgehead atoms. The average Bonchev–Trinajstić information content (AvgIpc) is 2.61. The molecule has 3 rings (SSSR count). The lowest BCUT2D eigenvalue weighted by Gasteiger charge is -2.34. The highest BCUT2D eigenvalue weighted by Crippen LogP contribution is 2.21. The molecule has 136 valence electrons. The molecular formula is C18H24N2O5. The minimum atomic E-state index is -0.954. The van der Waals surface area contributed by atoms with E-state index in [2.05, 4.69) is 4.98 Å². The number of nitrogens with zero attached hydrogens (tertiary/aromatic N) is 1. The number of nitrogens with one attached hydrogen (secondary N) is 1. The van der Waals surface area contributed by atoms with Crippen molar-refractivity contribution in [2.45, 2.75) is 51.0 Å². The van der Waals surface area contributed by atoms with E-state index >= 15 is 0 Å². The zero-order valence-corrected chi connectivity index (χ0v) is 14.3. The van der Waals surface area contributed by atoms with Gasteiger partial charge in [0.05, 0.1) is 6.42 Å². The van der Waals surface area contributed by atoms with Crippen molar-refractivity contribution in [3.63, 3.8) is 0 Å². The number of fused-ring (bicyclic) bond motifs is 1. The number of hydrogen-bond acceptors (Lipinski definition) is 4. The largest absolute Gasteiger partial charge is 0.481 e. The van der Waals surface area contributed by atoms with E-state index in [0.717, 1.165) is 36.9 Å². The van der Waals surface area contributed by atoms with Crippen LogP contribution in [0.2, 0.25) is 0 Å². The first-order valence-corrected chi connectivity index (χ1v) is 8.92. The summed E-state index contributed by atoms with van der Waals surface area (Å²) >= 11 is 0. The topological polar surface area (TPSA) is 99.7 Å². The van der Waals surface area contributed by atoms with Crippen LogP contribution >= 0.6 is 0 Å². The summed E-state index contributed by atoms with van der Waals surface area (Å²) in [6.45, 7) is 1.19. The second-order valence-electron chi connectivity index (χ2n) is 6.71. The molecule has 0 aromatic carbocycles. The van der Waals surface area contributed by atoms with Gasteiger partial charge in [0.1, 0.15) is 5.56 Å². The Morgan fingerprint density at radius 2 is 1.96 bits per heavy atom. The van der Waals surface area contributed by atoms with Crippen molar-refractivity contribution >= 4 is 11.9 Å². The number of rotatable bonds is 5. The fraction of sp³-hybridized carbons (Fsp3) is 0.611. The third-order valence-corrected chi connectivity index (χ3v) is 5.03. The molecule has 0 radical (unpaired) electrons. The number of pyridine rings is 1. The van der Waals surface area contributed by atoms with Crippen molar-refractivity contribution in [1.82, 2.24) is 9.88 Å². The van der Waals surface area contributed by atoms with E-state index in [1.807, 2.05) is 0 Å². The third-order valence-electron chi connectivity index (χ3n) is 5.03. The number of aromatic nitrogens is 1. The first-order valence-electron chi connectivity index (χ1n) is 8.92. The van der Waals surface area contributed by atoms with Crippen LogP contribution in [0.3, 0.4) is 0 Å². The number of carboxylic acid groups (broad SMARTS) is 1. The molecule has 7 heteroatoms. The van der Waals surface area contributed by atoms with Gasteiger partial charge >= 0.3 is 5.97 Å². The van der Waals surface area contributed by atoms with Crippen molar-refractivity contribution in [2.75, 3.05) is 19.8 Å². The van der Waals surface area contributed by atoms with Gasteiger partial charge < -0.3 is 19.7 Å². The Kier molecular flexibility index (Phi) is 5.53. The van der Waals surface area contributed by atoms with Crippen molar-refractivity contribution in [3.8, 4) is 0 Å². The molecule has 2 N–H and O–H groups in total. The van der Waals surface area contributed by atoms with E-state index in [9.17, 15) is 14.4 Å². The van der Waals surface area contributed by atoms with Gasteiger partial charge in [0.15, 0.2) is 0 Å². The summed E-state index contributed by atoms with van der Waals surface area (Å²) in [5, 5.41) is 9.00. The van der Waals surface area contributed by atoms with E-state index < -0.39 is 5.97 Å². The fourth-order valence-corrected chi connectivity index (χ4v) is 3.65. The Morgan fingerprint density at radius 1 is 1.24 bits per heavy atom. The number of aromatic amines is 1. The van der Waals surface area contributed by atoms with Crippen molar-refractivity contribution in [1.29, 1.82) is 0 Å². The molecule has 25 heavy (non-hydrogen) atoms. The number of ether oxygens (including phenoxy) is 1. The quantitative estimate of drug-likeness (QED) is 0.837. The Morgan fingerprint density at radius 3 is 2.68 bits per heavy atom. The zero-order chi connectivity index (χ0) is 17.8. The third kappa shape index (κ3) is 4.10. The Hall–Kier alpha value is -2.15. The standard InChI is InChI=1S/C18H24N2O5/c21-16(22)5-8-20(13-6-9-25-10-7-13)18(24)14-11-12-3-1-2-4-15(12)19-17(14)23/h11,13H,1-10H2,(H,19,23)(H,21,22). The van der Waals surface area contributed by atoms with E-state index in [0.29, 0.717) is 26.1 Å². The summed E-state index contributed by atoms with van der Waals surface area (Å²) in [6.07, 6.45) is 4.98. The monoisotopic (exact) mass is 348 g/mol. The second kappa shape index (κ2) is 7.82. The smallest absolute Gasteiger partial charge is 0.305 e. The van der Waals surface area contributed by atoms with Crippen LogP contribution in [0.15, 0.2) is 10.9 Å². The minimum Gasteiger partial charge on any atom is -0.481 e. The summed E-state index contributed by atoms with van der Waals surface area (Å²) < 4.78 is 5.34. The van der Waals surface area contributed by atoms with Gasteiger partial charge in [-0.3, -0.25) is 14.4 Å². The predicted octanol–water partition coefficient (Wildman–Crippen LogP) is 1.35. The number of aliphatic carboxylic acids is 1. The van der Waals surface area contributed by atoms with E-state index in [1.165, 1.54) is 0 Å². The normalized spacial score (nSPS) is 17.8. The Balaban J connectivity index is 1.88. The molecule has 2 heterocycles. The summed E-state index contributed by atoms with van der Waals surface area (Å²) in [5.74, 6) is -1.33. The molecule has 0 spiro atoms. The molecule has 1 aromatic rings. The van der Waals surface area contributed by atoms with Crippen LogP contribution in [-0.4, -0.2) is 52.7 Å². The molecule has 1 fully saturated rings. The van der Waals surface area contributed by atoms with Crippen LogP contribution in [0.25, 0.3) is 0 Å². The van der Waals surface area contributed by atoms with Crippen LogP contribution in [-0.2, 0) is 22.4 Å². The van der Waals surface area contributed by atoms with Gasteiger partial charge in [-0.25, -0.2) is 0 Å². The van der Waals surface area contributed by atoms with Gasteiger partial charge in [-0.2, -0.15) is 0 Å². The maximum absolute atomic E-state index is 13.0. The average molecular weight is 348 g/mol. The number of hydrogen-bond donors (Lipinski definition) is 2. The van der Waals surface area contributed by atoms with E-state index in [4.69, 9.17) is 9.84 Å². The lowest BCUT2D eigenvalue weighted by Crippen LogP contribution is -2.46. The molecule has 1 aromatic heterocycles. The van der Waals surface area contributed by atoms with Gasteiger partial charge in [0.2, 0.25) is 0 Å². The molecule has 7 nitrogen and oxygen atoms in total. The van der Waals surface area contributed by atoms with E-state index in [1.54, 1.807) is 11.0 Å². The highest BCUT2D eigenvalue weighted by Gasteiger charge is 2.29. The summed E-state index contributed by atoms with van der Waals surface area (Å²) in [4.78, 5) is 40.8. The van der Waals surface area contributed by atoms with Crippen LogP contribution in [0.5, 0.6) is 0 Å². The molecule has 1 amide bonds. The number of carbonyl (C=O) groups is 2. The number of carboxylic acids is 1. The molecule has 0 atom stereocenters. The lowest BCUT2D eigenvalue weighted by molar-refractivity contribution is -0.137. The molecular weight excluding hydrogens is 324 g/mol. The molecule has 0 unspecified atom stereocenters. The van der Waals surface area contributed by atoms with Gasteiger partial charge in [-0.15, -0.1) is 0 Å². The lowest BCUT2D eigenvalue weighted by atomic mass is 9.94. The Labute approximate surface area is 146 Å². The minimum absolute atomic E-state index is 0.0870. The number of amides is 1.